The molecule has 0 spiro atoms. The van der Waals surface area contributed by atoms with E-state index in [1.165, 1.54) is 10.7 Å². The molecule has 0 amide bonds. The maximum atomic E-state index is 15.1. The number of anilines is 2. The fraction of sp³-hybridized carbons (Fsp3) is 0.455. The van der Waals surface area contributed by atoms with E-state index in [1.807, 2.05) is 6.92 Å². The minimum absolute atomic E-state index is 0.102. The lowest BCUT2D eigenvalue weighted by atomic mass is 9.84. The molecular weight excluding hydrogens is 430 g/mol. The van der Waals surface area contributed by atoms with Crippen molar-refractivity contribution in [1.29, 1.82) is 0 Å². The van der Waals surface area contributed by atoms with Crippen LogP contribution in [-0.4, -0.2) is 52.6 Å². The van der Waals surface area contributed by atoms with Crippen molar-refractivity contribution in [3.63, 3.8) is 0 Å². The zero-order valence-corrected chi connectivity index (χ0v) is 18.5. The summed E-state index contributed by atoms with van der Waals surface area (Å²) in [4.78, 5) is 13.3. The molecule has 4 aromatic heterocycles. The Morgan fingerprint density at radius 2 is 2.00 bits per heavy atom. The number of aliphatic hydroxyl groups is 1. The Bertz CT molecular complexity index is 1340. The van der Waals surface area contributed by atoms with Gasteiger partial charge in [0.1, 0.15) is 23.5 Å². The third kappa shape index (κ3) is 3.86. The van der Waals surface area contributed by atoms with E-state index in [0.29, 0.717) is 47.0 Å². The van der Waals surface area contributed by atoms with Crippen LogP contribution in [0.1, 0.15) is 38.4 Å². The fourth-order valence-electron chi connectivity index (χ4n) is 4.56. The van der Waals surface area contributed by atoms with Crippen molar-refractivity contribution >= 4 is 28.4 Å². The van der Waals surface area contributed by atoms with Crippen molar-refractivity contribution in [2.24, 2.45) is 0 Å². The molecule has 0 atom stereocenters. The van der Waals surface area contributed by atoms with E-state index < -0.39 is 18.1 Å². The molecule has 11 heteroatoms. The summed E-state index contributed by atoms with van der Waals surface area (Å²) < 4.78 is 31.1. The van der Waals surface area contributed by atoms with Crippen LogP contribution in [0.5, 0.6) is 0 Å². The summed E-state index contributed by atoms with van der Waals surface area (Å²) in [6.45, 7) is 3.18. The lowest BCUT2D eigenvalue weighted by molar-refractivity contribution is 0.0195. The Balaban J connectivity index is 1.52. The van der Waals surface area contributed by atoms with Crippen molar-refractivity contribution in [3.05, 3.63) is 30.0 Å². The van der Waals surface area contributed by atoms with Crippen molar-refractivity contribution in [2.45, 2.75) is 57.7 Å². The maximum absolute atomic E-state index is 15.1. The number of nitrogens with one attached hydrogen (secondary N) is 1. The molecule has 5 rings (SSSR count). The van der Waals surface area contributed by atoms with E-state index in [2.05, 4.69) is 25.4 Å². The Hall–Kier alpha value is -3.34. The minimum atomic E-state index is -0.646. The average Bonchev–Trinajstić information content (AvgIpc) is 3.25. The Morgan fingerprint density at radius 1 is 1.24 bits per heavy atom. The number of halogens is 2. The van der Waals surface area contributed by atoms with Crippen LogP contribution >= 0.6 is 0 Å². The first kappa shape index (κ1) is 21.5. The molecule has 0 unspecified atom stereocenters. The molecule has 4 heterocycles. The van der Waals surface area contributed by atoms with Gasteiger partial charge in [-0.25, -0.2) is 23.3 Å². The van der Waals surface area contributed by atoms with E-state index in [-0.39, 0.29) is 24.0 Å². The van der Waals surface area contributed by atoms with Gasteiger partial charge in [0.05, 0.1) is 29.6 Å². The molecule has 9 nitrogen and oxygen atoms in total. The largest absolute Gasteiger partial charge is 0.390 e. The molecule has 0 saturated heterocycles. The molecule has 33 heavy (non-hydrogen) atoms. The van der Waals surface area contributed by atoms with Gasteiger partial charge in [-0.05, 0) is 51.7 Å². The minimum Gasteiger partial charge on any atom is -0.390 e. The van der Waals surface area contributed by atoms with Crippen LogP contribution in [0.2, 0.25) is 0 Å². The molecule has 1 aliphatic carbocycles. The van der Waals surface area contributed by atoms with Crippen LogP contribution in [0.3, 0.4) is 0 Å². The lowest BCUT2D eigenvalue weighted by Crippen LogP contribution is -2.36. The predicted octanol–water partition coefficient (Wildman–Crippen LogP) is 3.25. The zero-order chi connectivity index (χ0) is 23.3. The molecule has 1 aliphatic rings. The van der Waals surface area contributed by atoms with Crippen LogP contribution < -0.4 is 11.1 Å². The summed E-state index contributed by atoms with van der Waals surface area (Å²) in [5.74, 6) is 0.511. The van der Waals surface area contributed by atoms with Gasteiger partial charge in [0.15, 0.2) is 17.3 Å². The average molecular weight is 457 g/mol. The molecule has 1 saturated carbocycles. The summed E-state index contributed by atoms with van der Waals surface area (Å²) in [6, 6.07) is 3.49. The highest BCUT2D eigenvalue weighted by Crippen LogP contribution is 2.33. The third-order valence-corrected chi connectivity index (χ3v) is 6.36. The quantitative estimate of drug-likeness (QED) is 0.422. The van der Waals surface area contributed by atoms with E-state index in [1.54, 1.807) is 23.6 Å². The molecule has 174 valence electrons. The van der Waals surface area contributed by atoms with Gasteiger partial charge in [0.2, 0.25) is 5.95 Å². The highest BCUT2D eigenvalue weighted by molar-refractivity contribution is 5.89. The molecule has 0 radical (unpaired) electrons. The Morgan fingerprint density at radius 3 is 2.73 bits per heavy atom. The summed E-state index contributed by atoms with van der Waals surface area (Å²) in [7, 11) is 0. The number of hydrogen-bond donors (Lipinski definition) is 3. The first-order valence-corrected chi connectivity index (χ1v) is 11.0. The molecule has 4 aromatic rings. The second-order valence-electron chi connectivity index (χ2n) is 8.92. The standard InChI is InChI=1S/C22H26F2N8O/c1-12-26-16-4-3-15(28-20(16)31(12)10-9-23)17-14(24)11-32-18(17)19(25)29-21(30-32)27-13-5-7-22(2,33)8-6-13/h3-4,11,13,33H,5-10H2,1-2H3,(H3,25,27,29,30). The number of nitrogens with zero attached hydrogens (tertiary/aromatic N) is 6. The zero-order valence-electron chi connectivity index (χ0n) is 18.5. The van der Waals surface area contributed by atoms with Crippen LogP contribution in [0.4, 0.5) is 20.5 Å². The van der Waals surface area contributed by atoms with Gasteiger partial charge in [0, 0.05) is 6.04 Å². The van der Waals surface area contributed by atoms with Crippen LogP contribution in [0.15, 0.2) is 18.3 Å². The molecule has 0 aromatic carbocycles. The van der Waals surface area contributed by atoms with E-state index >= 15 is 4.39 Å². The number of nitrogens with two attached hydrogens (primary N) is 1. The van der Waals surface area contributed by atoms with Crippen LogP contribution in [-0.2, 0) is 6.54 Å². The summed E-state index contributed by atoms with van der Waals surface area (Å²) in [6.07, 6.45) is 4.15. The van der Waals surface area contributed by atoms with Crippen molar-refractivity contribution in [2.75, 3.05) is 17.7 Å². The summed E-state index contributed by atoms with van der Waals surface area (Å²) >= 11 is 0. The van der Waals surface area contributed by atoms with Crippen LogP contribution in [0, 0.1) is 12.7 Å². The van der Waals surface area contributed by atoms with Gasteiger partial charge in [-0.3, -0.25) is 0 Å². The van der Waals surface area contributed by atoms with Gasteiger partial charge in [-0.1, -0.05) is 0 Å². The molecule has 4 N–H and O–H groups in total. The van der Waals surface area contributed by atoms with Gasteiger partial charge in [-0.2, -0.15) is 4.98 Å². The fourth-order valence-corrected chi connectivity index (χ4v) is 4.56. The first-order valence-electron chi connectivity index (χ1n) is 11.0. The van der Waals surface area contributed by atoms with E-state index in [4.69, 9.17) is 5.73 Å². The van der Waals surface area contributed by atoms with Gasteiger partial charge in [-0.15, -0.1) is 5.10 Å². The second-order valence-corrected chi connectivity index (χ2v) is 8.92. The smallest absolute Gasteiger partial charge is 0.243 e. The normalized spacial score (nSPS) is 21.2. The van der Waals surface area contributed by atoms with Crippen LogP contribution in [0.25, 0.3) is 27.9 Å². The summed E-state index contributed by atoms with van der Waals surface area (Å²) in [5.41, 5.74) is 7.51. The molecule has 0 aliphatic heterocycles. The van der Waals surface area contributed by atoms with Gasteiger partial charge < -0.3 is 20.7 Å². The summed E-state index contributed by atoms with van der Waals surface area (Å²) in [5, 5.41) is 17.8. The number of fused-ring (bicyclic) bond motifs is 2. The first-order chi connectivity index (χ1) is 15.8. The number of pyridine rings is 1. The SMILES string of the molecule is Cc1nc2ccc(-c3c(F)cn4nc(NC5CCC(C)(O)CC5)nc(N)c34)nc2n1CCF. The third-order valence-electron chi connectivity index (χ3n) is 6.36. The molecule has 0 bridgehead atoms. The van der Waals surface area contributed by atoms with E-state index in [9.17, 15) is 9.50 Å². The topological polar surface area (TPSA) is 119 Å². The lowest BCUT2D eigenvalue weighted by Gasteiger charge is -2.33. The number of nitrogen functional groups attached to an aromatic ring is 1. The Labute approximate surface area is 188 Å². The van der Waals surface area contributed by atoms with Crippen molar-refractivity contribution < 1.29 is 13.9 Å². The number of imidazole rings is 1. The highest BCUT2D eigenvalue weighted by Gasteiger charge is 2.29. The number of alkyl halides is 1. The molecular formula is C22H26F2N8O. The number of rotatable bonds is 5. The van der Waals surface area contributed by atoms with Crippen molar-refractivity contribution in [1.82, 2.24) is 29.1 Å². The van der Waals surface area contributed by atoms with Gasteiger partial charge in [0.25, 0.3) is 0 Å². The second kappa shape index (κ2) is 7.91. The van der Waals surface area contributed by atoms with E-state index in [0.717, 1.165) is 12.8 Å². The number of aromatic nitrogens is 6. The predicted molar refractivity (Wildman–Crippen MR) is 121 cm³/mol. The number of aryl methyl sites for hydroxylation is 2. The van der Waals surface area contributed by atoms with Gasteiger partial charge >= 0.3 is 0 Å². The monoisotopic (exact) mass is 456 g/mol. The maximum Gasteiger partial charge on any atom is 0.243 e. The molecule has 1 fully saturated rings. The number of hydrogen-bond acceptors (Lipinski definition) is 7. The highest BCUT2D eigenvalue weighted by atomic mass is 19.1. The van der Waals surface area contributed by atoms with Crippen molar-refractivity contribution in [3.8, 4) is 11.3 Å². The Kier molecular flexibility index (Phi) is 5.15.